The maximum atomic E-state index is 14.7. The number of nitrogens with zero attached hydrogens (tertiary/aromatic N) is 7. The summed E-state index contributed by atoms with van der Waals surface area (Å²) in [6.45, 7) is 0. The first-order chi connectivity index (χ1) is 18.4. The van der Waals surface area contributed by atoms with E-state index in [4.69, 9.17) is 16.3 Å². The van der Waals surface area contributed by atoms with Gasteiger partial charge in [0.1, 0.15) is 17.7 Å². The Morgan fingerprint density at radius 1 is 1.03 bits per heavy atom. The summed E-state index contributed by atoms with van der Waals surface area (Å²) in [7, 11) is 5.09. The third-order valence-electron chi connectivity index (χ3n) is 6.19. The standard InChI is InChI=1S/C26H27FN10O/c1-35-13-12-30-25(35)24(17-5-7-22(38-3)18(27)14-17)37(29)21-6-4-16(15-19(21)28)20-8-10-31-26(33-20)34-23-9-11-32-36(23)2/h4-15,24H,28-29H2,1-3H3,(H,31,33,34). The number of aryl methyl sites for hydroxylation is 2. The van der Waals surface area contributed by atoms with Gasteiger partial charge in [0.05, 0.1) is 30.4 Å². The maximum Gasteiger partial charge on any atom is 0.228 e. The first kappa shape index (κ1) is 24.7. The number of methoxy groups -OCH3 is 1. The highest BCUT2D eigenvalue weighted by atomic mass is 19.1. The number of benzene rings is 2. The van der Waals surface area contributed by atoms with Gasteiger partial charge in [-0.05, 0) is 35.9 Å². The van der Waals surface area contributed by atoms with Gasteiger partial charge < -0.3 is 20.4 Å². The molecule has 0 radical (unpaired) electrons. The molecule has 0 aliphatic rings. The molecule has 0 aliphatic carbocycles. The first-order valence-electron chi connectivity index (χ1n) is 11.7. The number of nitrogens with one attached hydrogen (secondary N) is 1. The van der Waals surface area contributed by atoms with E-state index in [1.165, 1.54) is 18.2 Å². The molecule has 0 saturated heterocycles. The topological polar surface area (TPSA) is 138 Å². The van der Waals surface area contributed by atoms with Crippen LogP contribution in [0.15, 0.2) is 73.3 Å². The lowest BCUT2D eigenvalue weighted by atomic mass is 10.0. The second-order valence-corrected chi connectivity index (χ2v) is 8.60. The molecule has 0 fully saturated rings. The van der Waals surface area contributed by atoms with Crippen molar-refractivity contribution in [1.29, 1.82) is 0 Å². The van der Waals surface area contributed by atoms with Crippen LogP contribution in [0.4, 0.5) is 27.5 Å². The van der Waals surface area contributed by atoms with Crippen LogP contribution in [-0.4, -0.2) is 36.4 Å². The van der Waals surface area contributed by atoms with E-state index in [-0.39, 0.29) is 5.75 Å². The van der Waals surface area contributed by atoms with Gasteiger partial charge in [0.2, 0.25) is 5.95 Å². The Morgan fingerprint density at radius 2 is 1.87 bits per heavy atom. The van der Waals surface area contributed by atoms with Gasteiger partial charge in [-0.15, -0.1) is 0 Å². The summed E-state index contributed by atoms with van der Waals surface area (Å²) >= 11 is 0. The van der Waals surface area contributed by atoms with Gasteiger partial charge in [-0.3, -0.25) is 9.69 Å². The molecule has 12 heteroatoms. The van der Waals surface area contributed by atoms with Crippen LogP contribution in [-0.2, 0) is 14.1 Å². The predicted molar refractivity (Wildman–Crippen MR) is 143 cm³/mol. The molecule has 0 amide bonds. The molecule has 3 aromatic heterocycles. The highest BCUT2D eigenvalue weighted by Crippen LogP contribution is 2.36. The Kier molecular flexibility index (Phi) is 6.62. The quantitative estimate of drug-likeness (QED) is 0.161. The summed E-state index contributed by atoms with van der Waals surface area (Å²) in [5, 5.41) is 8.76. The van der Waals surface area contributed by atoms with E-state index in [9.17, 15) is 4.39 Å². The second kappa shape index (κ2) is 10.2. The smallest absolute Gasteiger partial charge is 0.228 e. The molecular weight excluding hydrogens is 487 g/mol. The number of imidazole rings is 1. The van der Waals surface area contributed by atoms with E-state index in [0.29, 0.717) is 34.4 Å². The molecule has 0 spiro atoms. The summed E-state index contributed by atoms with van der Waals surface area (Å²) in [4.78, 5) is 13.4. The normalized spacial score (nSPS) is 11.8. The Balaban J connectivity index is 1.48. The Bertz CT molecular complexity index is 1580. The monoisotopic (exact) mass is 514 g/mol. The zero-order valence-corrected chi connectivity index (χ0v) is 21.1. The van der Waals surface area contributed by atoms with Crippen molar-refractivity contribution in [2.45, 2.75) is 6.04 Å². The molecule has 194 valence electrons. The third kappa shape index (κ3) is 4.72. The van der Waals surface area contributed by atoms with E-state index in [1.54, 1.807) is 59.8 Å². The number of nitrogen functional groups attached to an aromatic ring is 1. The average Bonchev–Trinajstić information content (AvgIpc) is 3.52. The molecule has 38 heavy (non-hydrogen) atoms. The van der Waals surface area contributed by atoms with Gasteiger partial charge in [0.25, 0.3) is 0 Å². The van der Waals surface area contributed by atoms with Gasteiger partial charge in [0, 0.05) is 44.3 Å². The van der Waals surface area contributed by atoms with Gasteiger partial charge in [-0.2, -0.15) is 5.10 Å². The van der Waals surface area contributed by atoms with Crippen LogP contribution in [0.3, 0.4) is 0 Å². The molecule has 1 atom stereocenters. The molecule has 5 rings (SSSR count). The van der Waals surface area contributed by atoms with Gasteiger partial charge in [-0.1, -0.05) is 12.1 Å². The number of anilines is 4. The van der Waals surface area contributed by atoms with Gasteiger partial charge >= 0.3 is 0 Å². The lowest BCUT2D eigenvalue weighted by Gasteiger charge is -2.30. The Hall–Kier alpha value is -4.97. The number of hydrogen-bond acceptors (Lipinski definition) is 9. The van der Waals surface area contributed by atoms with Crippen molar-refractivity contribution in [1.82, 2.24) is 29.3 Å². The Labute approximate surface area is 218 Å². The number of hydrogen-bond donors (Lipinski definition) is 3. The first-order valence-corrected chi connectivity index (χ1v) is 11.7. The molecule has 0 bridgehead atoms. The summed E-state index contributed by atoms with van der Waals surface area (Å²) in [5.74, 6) is 8.09. The predicted octanol–water partition coefficient (Wildman–Crippen LogP) is 3.55. The van der Waals surface area contributed by atoms with Crippen LogP contribution in [0, 0.1) is 5.82 Å². The lowest BCUT2D eigenvalue weighted by Crippen LogP contribution is -2.38. The number of ether oxygens (including phenoxy) is 1. The highest BCUT2D eigenvalue weighted by molar-refractivity contribution is 5.76. The Morgan fingerprint density at radius 3 is 2.53 bits per heavy atom. The van der Waals surface area contributed by atoms with E-state index in [2.05, 4.69) is 25.4 Å². The van der Waals surface area contributed by atoms with E-state index >= 15 is 0 Å². The minimum absolute atomic E-state index is 0.141. The van der Waals surface area contributed by atoms with Crippen LogP contribution in [0.1, 0.15) is 17.4 Å². The summed E-state index contributed by atoms with van der Waals surface area (Å²) in [6.07, 6.45) is 6.81. The SMILES string of the molecule is COc1ccc(C(c2nccn2C)N(N)c2ccc(-c3ccnc(Nc4ccnn4C)n3)cc2N)cc1F. The second-order valence-electron chi connectivity index (χ2n) is 8.60. The minimum atomic E-state index is -0.627. The molecular formula is C26H27FN10O. The fourth-order valence-electron chi connectivity index (χ4n) is 4.21. The molecule has 2 aromatic carbocycles. The van der Waals surface area contributed by atoms with Crippen LogP contribution in [0.2, 0.25) is 0 Å². The largest absolute Gasteiger partial charge is 0.494 e. The lowest BCUT2D eigenvalue weighted by molar-refractivity contribution is 0.386. The van der Waals surface area contributed by atoms with Crippen molar-refractivity contribution < 1.29 is 9.13 Å². The zero-order chi connectivity index (χ0) is 26.8. The van der Waals surface area contributed by atoms with E-state index in [1.807, 2.05) is 30.8 Å². The molecule has 0 saturated carbocycles. The van der Waals surface area contributed by atoms with Crippen molar-refractivity contribution in [3.8, 4) is 17.0 Å². The summed E-state index contributed by atoms with van der Waals surface area (Å²) in [5.41, 5.74) is 9.49. The van der Waals surface area contributed by atoms with Crippen LogP contribution in [0.25, 0.3) is 11.3 Å². The van der Waals surface area contributed by atoms with Crippen molar-refractivity contribution in [3.05, 3.63) is 90.5 Å². The fourth-order valence-corrected chi connectivity index (χ4v) is 4.21. The van der Waals surface area contributed by atoms with Crippen LogP contribution < -0.4 is 26.6 Å². The van der Waals surface area contributed by atoms with Crippen molar-refractivity contribution in [2.24, 2.45) is 19.9 Å². The highest BCUT2D eigenvalue weighted by Gasteiger charge is 2.27. The van der Waals surface area contributed by atoms with Crippen LogP contribution >= 0.6 is 0 Å². The van der Waals surface area contributed by atoms with Crippen molar-refractivity contribution in [3.63, 3.8) is 0 Å². The van der Waals surface area contributed by atoms with Gasteiger partial charge in [-0.25, -0.2) is 25.2 Å². The fraction of sp³-hybridized carbons (Fsp3) is 0.154. The molecule has 0 aliphatic heterocycles. The van der Waals surface area contributed by atoms with Crippen molar-refractivity contribution >= 4 is 23.1 Å². The summed E-state index contributed by atoms with van der Waals surface area (Å²) < 4.78 is 23.2. The average molecular weight is 515 g/mol. The number of rotatable bonds is 8. The molecule has 3 heterocycles. The minimum Gasteiger partial charge on any atom is -0.494 e. The number of nitrogens with two attached hydrogens (primary N) is 2. The molecule has 11 nitrogen and oxygen atoms in total. The van der Waals surface area contributed by atoms with Gasteiger partial charge in [0.15, 0.2) is 11.6 Å². The van der Waals surface area contributed by atoms with Crippen LogP contribution in [0.5, 0.6) is 5.75 Å². The molecule has 5 N–H and O–H groups in total. The number of aromatic nitrogens is 6. The van der Waals surface area contributed by atoms with E-state index < -0.39 is 11.9 Å². The van der Waals surface area contributed by atoms with E-state index in [0.717, 1.165) is 11.4 Å². The maximum absolute atomic E-state index is 14.7. The zero-order valence-electron chi connectivity index (χ0n) is 21.1. The molecule has 1 unspecified atom stereocenters. The van der Waals surface area contributed by atoms with Crippen molar-refractivity contribution in [2.75, 3.05) is 23.2 Å². The number of hydrazine groups is 1. The summed E-state index contributed by atoms with van der Waals surface area (Å²) in [6, 6.07) is 13.2. The molecule has 5 aromatic rings. The third-order valence-corrected chi connectivity index (χ3v) is 6.19. The number of halogens is 1.